The Morgan fingerprint density at radius 3 is 2.45 bits per heavy atom. The average molecular weight is 385 g/mol. The highest BCUT2D eigenvalue weighted by atomic mass is 14.9. The number of nitrogens with zero attached hydrogens (tertiary/aromatic N) is 1. The van der Waals surface area contributed by atoms with Crippen LogP contribution in [0.25, 0.3) is 22.2 Å². The lowest BCUT2D eigenvalue weighted by Crippen LogP contribution is -2.34. The molecule has 2 aromatic carbocycles. The summed E-state index contributed by atoms with van der Waals surface area (Å²) in [7, 11) is 2.24. The van der Waals surface area contributed by atoms with E-state index in [2.05, 4.69) is 68.8 Å². The first-order chi connectivity index (χ1) is 14.0. The van der Waals surface area contributed by atoms with Crippen molar-refractivity contribution in [2.45, 2.75) is 72.1 Å². The lowest BCUT2D eigenvalue weighted by atomic mass is 9.63. The first-order valence-corrected chi connectivity index (χ1v) is 11.5. The maximum atomic E-state index is 2.45. The van der Waals surface area contributed by atoms with Crippen molar-refractivity contribution >= 4 is 10.9 Å². The van der Waals surface area contributed by atoms with Gasteiger partial charge in [0.05, 0.1) is 0 Å². The van der Waals surface area contributed by atoms with E-state index in [1.807, 2.05) is 0 Å². The quantitative estimate of drug-likeness (QED) is 0.411. The fraction of sp³-hybridized carbons (Fsp3) is 0.464. The number of pyridine rings is 1. The maximum absolute atomic E-state index is 2.45. The molecule has 1 heterocycles. The van der Waals surface area contributed by atoms with Gasteiger partial charge in [0.1, 0.15) is 7.05 Å². The zero-order chi connectivity index (χ0) is 20.2. The Labute approximate surface area is 175 Å². The van der Waals surface area contributed by atoms with Gasteiger partial charge < -0.3 is 0 Å². The van der Waals surface area contributed by atoms with Crippen LogP contribution in [0.15, 0.2) is 36.4 Å². The molecule has 2 aliphatic rings. The molecule has 0 bridgehead atoms. The normalized spacial score (nSPS) is 18.2. The average Bonchev–Trinajstić information content (AvgIpc) is 2.71. The predicted molar refractivity (Wildman–Crippen MR) is 122 cm³/mol. The second kappa shape index (κ2) is 6.97. The summed E-state index contributed by atoms with van der Waals surface area (Å²) < 4.78 is 2.42. The molecule has 0 unspecified atom stereocenters. The number of fused-ring (bicyclic) bond motifs is 3. The van der Waals surface area contributed by atoms with Crippen molar-refractivity contribution in [3.05, 3.63) is 64.2 Å². The van der Waals surface area contributed by atoms with Crippen LogP contribution in [-0.4, -0.2) is 0 Å². The number of hydrogen-bond acceptors (Lipinski definition) is 0. The number of benzene rings is 2. The summed E-state index contributed by atoms with van der Waals surface area (Å²) >= 11 is 0. The van der Waals surface area contributed by atoms with Crippen LogP contribution in [0.1, 0.15) is 66.3 Å². The van der Waals surface area contributed by atoms with Gasteiger partial charge in [-0.05, 0) is 92.7 Å². The van der Waals surface area contributed by atoms with E-state index in [0.717, 1.165) is 0 Å². The molecule has 150 valence electrons. The first kappa shape index (κ1) is 18.9. The lowest BCUT2D eigenvalue weighted by molar-refractivity contribution is -0.633. The smallest absolute Gasteiger partial charge is 0.194 e. The zero-order valence-corrected chi connectivity index (χ0v) is 18.6. The van der Waals surface area contributed by atoms with Crippen molar-refractivity contribution in [3.63, 3.8) is 0 Å². The summed E-state index contributed by atoms with van der Waals surface area (Å²) in [5, 5.41) is 1.47. The van der Waals surface area contributed by atoms with Crippen molar-refractivity contribution in [3.8, 4) is 11.3 Å². The summed E-state index contributed by atoms with van der Waals surface area (Å²) in [6, 6.07) is 14.2. The van der Waals surface area contributed by atoms with Crippen LogP contribution in [-0.2, 0) is 19.9 Å². The van der Waals surface area contributed by atoms with Gasteiger partial charge in [-0.3, -0.25) is 0 Å². The highest BCUT2D eigenvalue weighted by Crippen LogP contribution is 2.47. The van der Waals surface area contributed by atoms with Gasteiger partial charge in [0.15, 0.2) is 0 Å². The van der Waals surface area contributed by atoms with E-state index < -0.39 is 0 Å². The fourth-order valence-corrected chi connectivity index (χ4v) is 6.23. The molecule has 1 aromatic heterocycles. The maximum Gasteiger partial charge on any atom is 0.213 e. The molecule has 0 saturated heterocycles. The van der Waals surface area contributed by atoms with Crippen molar-refractivity contribution in [2.24, 2.45) is 12.5 Å². The van der Waals surface area contributed by atoms with E-state index >= 15 is 0 Å². The van der Waals surface area contributed by atoms with Gasteiger partial charge in [-0.2, -0.15) is 4.57 Å². The molecule has 0 aliphatic heterocycles. The van der Waals surface area contributed by atoms with Gasteiger partial charge in [0, 0.05) is 23.1 Å². The van der Waals surface area contributed by atoms with Gasteiger partial charge in [-0.1, -0.05) is 37.0 Å². The molecule has 1 nitrogen and oxygen atoms in total. The molecule has 29 heavy (non-hydrogen) atoms. The summed E-state index contributed by atoms with van der Waals surface area (Å²) in [5.74, 6) is 0. The Hall–Kier alpha value is -2.15. The Morgan fingerprint density at radius 2 is 1.66 bits per heavy atom. The monoisotopic (exact) mass is 384 g/mol. The van der Waals surface area contributed by atoms with Crippen molar-refractivity contribution in [1.29, 1.82) is 0 Å². The van der Waals surface area contributed by atoms with Gasteiger partial charge in [-0.15, -0.1) is 0 Å². The van der Waals surface area contributed by atoms with Gasteiger partial charge in [0.2, 0.25) is 11.2 Å². The van der Waals surface area contributed by atoms with Crippen LogP contribution in [0.5, 0.6) is 0 Å². The molecule has 5 rings (SSSR count). The first-order valence-electron chi connectivity index (χ1n) is 11.5. The van der Waals surface area contributed by atoms with Crippen LogP contribution in [0.4, 0.5) is 0 Å². The third-order valence-electron chi connectivity index (χ3n) is 8.03. The van der Waals surface area contributed by atoms with E-state index in [1.54, 1.807) is 11.1 Å². The highest BCUT2D eigenvalue weighted by molar-refractivity contribution is 5.83. The number of aryl methyl sites for hydroxylation is 4. The molecule has 0 radical (unpaired) electrons. The molecular formula is C28H34N+. The second-order valence-corrected chi connectivity index (χ2v) is 9.91. The minimum Gasteiger partial charge on any atom is -0.194 e. The largest absolute Gasteiger partial charge is 0.213 e. The van der Waals surface area contributed by atoms with Gasteiger partial charge in [0.25, 0.3) is 0 Å². The summed E-state index contributed by atoms with van der Waals surface area (Å²) in [5.41, 5.74) is 12.0. The van der Waals surface area contributed by atoms with E-state index in [0.29, 0.717) is 5.41 Å². The summed E-state index contributed by atoms with van der Waals surface area (Å²) in [6.45, 7) is 6.68. The Morgan fingerprint density at radius 1 is 0.862 bits per heavy atom. The number of hydrogen-bond donors (Lipinski definition) is 0. The zero-order valence-electron chi connectivity index (χ0n) is 18.6. The molecule has 3 aromatic rings. The number of aromatic nitrogens is 1. The van der Waals surface area contributed by atoms with Crippen molar-refractivity contribution < 1.29 is 4.57 Å². The molecule has 0 atom stereocenters. The topological polar surface area (TPSA) is 3.88 Å². The van der Waals surface area contributed by atoms with Gasteiger partial charge >= 0.3 is 0 Å². The molecule has 1 spiro atoms. The SMILES string of the molecule is Cc1cc(C)c(C)c(-c2ccc3c4c(ccc3[n+]2C)CC2(CCCCC2)CC4)c1. The van der Waals surface area contributed by atoms with E-state index in [-0.39, 0.29) is 0 Å². The van der Waals surface area contributed by atoms with Crippen LogP contribution < -0.4 is 4.57 Å². The Bertz CT molecular complexity index is 1100. The van der Waals surface area contributed by atoms with E-state index in [9.17, 15) is 0 Å². The second-order valence-electron chi connectivity index (χ2n) is 9.91. The highest BCUT2D eigenvalue weighted by Gasteiger charge is 2.36. The number of rotatable bonds is 1. The molecule has 0 N–H and O–H groups in total. The molecular weight excluding hydrogens is 350 g/mol. The van der Waals surface area contributed by atoms with E-state index in [4.69, 9.17) is 0 Å². The minimum atomic E-state index is 0.608. The molecule has 1 saturated carbocycles. The van der Waals surface area contributed by atoms with Crippen LogP contribution in [0, 0.1) is 26.2 Å². The lowest BCUT2D eigenvalue weighted by Gasteiger charge is -2.41. The van der Waals surface area contributed by atoms with Crippen LogP contribution in [0.2, 0.25) is 0 Å². The minimum absolute atomic E-state index is 0.608. The van der Waals surface area contributed by atoms with Gasteiger partial charge in [-0.25, -0.2) is 0 Å². The Balaban J connectivity index is 1.61. The third kappa shape index (κ3) is 3.10. The molecule has 2 aliphatic carbocycles. The summed E-state index contributed by atoms with van der Waals surface area (Å²) in [4.78, 5) is 0. The van der Waals surface area contributed by atoms with Crippen LogP contribution in [0.3, 0.4) is 0 Å². The van der Waals surface area contributed by atoms with Crippen LogP contribution >= 0.6 is 0 Å². The van der Waals surface area contributed by atoms with Crippen molar-refractivity contribution in [2.75, 3.05) is 0 Å². The third-order valence-corrected chi connectivity index (χ3v) is 8.03. The standard InChI is InChI=1S/C28H34N/c1-19-16-20(2)21(3)25(17-19)27-11-9-24-23-12-15-28(13-6-5-7-14-28)18-22(23)8-10-26(24)29(27)4/h8-11,16-17H,5-7,12-15,18H2,1-4H3/q+1. The Kier molecular flexibility index (Phi) is 4.53. The fourth-order valence-electron chi connectivity index (χ4n) is 6.23. The molecule has 1 fully saturated rings. The van der Waals surface area contributed by atoms with Crippen molar-refractivity contribution in [1.82, 2.24) is 0 Å². The molecule has 0 amide bonds. The predicted octanol–water partition coefficient (Wildman–Crippen LogP) is 6.70. The molecule has 1 heteroatoms. The summed E-state index contributed by atoms with van der Waals surface area (Å²) in [6.07, 6.45) is 11.2. The van der Waals surface area contributed by atoms with E-state index in [1.165, 1.54) is 90.2 Å².